The van der Waals surface area contributed by atoms with Crippen LogP contribution < -0.4 is 9.62 Å². The Kier molecular flexibility index (Phi) is 3.96. The van der Waals surface area contributed by atoms with E-state index in [0.29, 0.717) is 12.2 Å². The molecule has 6 nitrogen and oxygen atoms in total. The van der Waals surface area contributed by atoms with E-state index in [4.69, 9.17) is 0 Å². The first-order valence-corrected chi connectivity index (χ1v) is 9.93. The van der Waals surface area contributed by atoms with Crippen LogP contribution in [-0.4, -0.2) is 25.9 Å². The highest BCUT2D eigenvalue weighted by Crippen LogP contribution is 2.30. The van der Waals surface area contributed by atoms with E-state index in [1.165, 1.54) is 6.92 Å². The SMILES string of the molecule is CC(=O)N1CCCc2cc(S(=O)(=O)Nc3ccc4[nH]ccc4c3)ccc21. The second-order valence-corrected chi connectivity index (χ2v) is 8.13. The van der Waals surface area contributed by atoms with Crippen molar-refractivity contribution in [1.29, 1.82) is 0 Å². The molecule has 1 aliphatic heterocycles. The fourth-order valence-electron chi connectivity index (χ4n) is 3.40. The number of nitrogens with zero attached hydrogens (tertiary/aromatic N) is 1. The van der Waals surface area contributed by atoms with E-state index in [-0.39, 0.29) is 10.8 Å². The molecule has 0 aliphatic carbocycles. The molecule has 7 heteroatoms. The van der Waals surface area contributed by atoms with Crippen LogP contribution in [0.15, 0.2) is 53.6 Å². The summed E-state index contributed by atoms with van der Waals surface area (Å²) < 4.78 is 28.2. The predicted molar refractivity (Wildman–Crippen MR) is 102 cm³/mol. The summed E-state index contributed by atoms with van der Waals surface area (Å²) in [5, 5.41) is 0.938. The lowest BCUT2D eigenvalue weighted by molar-refractivity contribution is -0.116. The molecule has 0 unspecified atom stereocenters. The third kappa shape index (κ3) is 2.94. The number of hydrogen-bond donors (Lipinski definition) is 2. The maximum absolute atomic E-state index is 12.8. The minimum absolute atomic E-state index is 0.0283. The Morgan fingerprint density at radius 3 is 2.81 bits per heavy atom. The first-order valence-electron chi connectivity index (χ1n) is 8.45. The first kappa shape index (κ1) is 16.7. The molecule has 0 atom stereocenters. The monoisotopic (exact) mass is 369 g/mol. The van der Waals surface area contributed by atoms with Crippen LogP contribution >= 0.6 is 0 Å². The molecule has 0 fully saturated rings. The predicted octanol–water partition coefficient (Wildman–Crippen LogP) is 3.27. The number of nitrogens with one attached hydrogen (secondary N) is 2. The molecule has 2 N–H and O–H groups in total. The molecule has 3 aromatic rings. The van der Waals surface area contributed by atoms with Crippen LogP contribution in [0.1, 0.15) is 18.9 Å². The Morgan fingerprint density at radius 1 is 1.15 bits per heavy atom. The summed E-state index contributed by atoms with van der Waals surface area (Å²) in [7, 11) is -3.70. The summed E-state index contributed by atoms with van der Waals surface area (Å²) in [5.41, 5.74) is 3.15. The number of benzene rings is 2. The lowest BCUT2D eigenvalue weighted by atomic mass is 10.0. The number of carbonyl (C=O) groups excluding carboxylic acids is 1. The van der Waals surface area contributed by atoms with Crippen molar-refractivity contribution in [3.63, 3.8) is 0 Å². The molecule has 0 saturated carbocycles. The van der Waals surface area contributed by atoms with Crippen LogP contribution in [0.3, 0.4) is 0 Å². The zero-order valence-electron chi connectivity index (χ0n) is 14.3. The van der Waals surface area contributed by atoms with Crippen LogP contribution in [0.2, 0.25) is 0 Å². The second-order valence-electron chi connectivity index (χ2n) is 6.45. The van der Waals surface area contributed by atoms with E-state index < -0.39 is 10.0 Å². The maximum atomic E-state index is 12.8. The lowest BCUT2D eigenvalue weighted by Gasteiger charge is -2.28. The molecule has 2 heterocycles. The van der Waals surface area contributed by atoms with Crippen LogP contribution in [0.5, 0.6) is 0 Å². The highest BCUT2D eigenvalue weighted by Gasteiger charge is 2.23. The molecular formula is C19H19N3O3S. The molecule has 2 aromatic carbocycles. The third-order valence-electron chi connectivity index (χ3n) is 4.67. The number of aromatic nitrogens is 1. The molecule has 0 radical (unpaired) electrons. The summed E-state index contributed by atoms with van der Waals surface area (Å²) in [5.74, 6) is -0.0283. The van der Waals surface area contributed by atoms with Gasteiger partial charge in [-0.3, -0.25) is 9.52 Å². The summed E-state index contributed by atoms with van der Waals surface area (Å²) in [6.45, 7) is 2.20. The molecule has 4 rings (SSSR count). The van der Waals surface area contributed by atoms with Crippen LogP contribution in [0.25, 0.3) is 10.9 Å². The number of aryl methyl sites for hydroxylation is 1. The Hall–Kier alpha value is -2.80. The average Bonchev–Trinajstić information content (AvgIpc) is 3.08. The Morgan fingerprint density at radius 2 is 2.00 bits per heavy atom. The van der Waals surface area contributed by atoms with Crippen molar-refractivity contribution < 1.29 is 13.2 Å². The number of carbonyl (C=O) groups is 1. The summed E-state index contributed by atoms with van der Waals surface area (Å²) >= 11 is 0. The summed E-state index contributed by atoms with van der Waals surface area (Å²) in [6.07, 6.45) is 3.40. The number of H-pyrrole nitrogens is 1. The fraction of sp³-hybridized carbons (Fsp3) is 0.211. The van der Waals surface area contributed by atoms with Gasteiger partial charge in [-0.2, -0.15) is 0 Å². The van der Waals surface area contributed by atoms with Crippen molar-refractivity contribution in [2.75, 3.05) is 16.2 Å². The van der Waals surface area contributed by atoms with Crippen LogP contribution in [0, 0.1) is 0 Å². The highest BCUT2D eigenvalue weighted by molar-refractivity contribution is 7.92. The maximum Gasteiger partial charge on any atom is 0.261 e. The second kappa shape index (κ2) is 6.17. The standard InChI is InChI=1S/C19H19N3O3S/c1-13(23)22-10-2-3-15-12-17(5-7-19(15)22)26(24,25)21-16-4-6-18-14(11-16)8-9-20-18/h4-9,11-12,20-21H,2-3,10H2,1H3. The molecule has 0 spiro atoms. The Bertz CT molecular complexity index is 1100. The van der Waals surface area contributed by atoms with E-state index >= 15 is 0 Å². The van der Waals surface area contributed by atoms with E-state index in [9.17, 15) is 13.2 Å². The largest absolute Gasteiger partial charge is 0.361 e. The van der Waals surface area contributed by atoms with Gasteiger partial charge in [-0.25, -0.2) is 8.42 Å². The lowest BCUT2D eigenvalue weighted by Crippen LogP contribution is -2.33. The normalized spacial score (nSPS) is 14.3. The average molecular weight is 369 g/mol. The van der Waals surface area contributed by atoms with Gasteiger partial charge < -0.3 is 9.88 Å². The summed E-state index contributed by atoms with van der Waals surface area (Å²) in [6, 6.07) is 12.2. The first-order chi connectivity index (χ1) is 12.4. The smallest absolute Gasteiger partial charge is 0.261 e. The zero-order chi connectivity index (χ0) is 18.3. The van der Waals surface area contributed by atoms with Gasteiger partial charge in [0.15, 0.2) is 0 Å². The molecule has 1 aromatic heterocycles. The van der Waals surface area contributed by atoms with Crippen LogP contribution in [0.4, 0.5) is 11.4 Å². The van der Waals surface area contributed by atoms with E-state index in [1.54, 1.807) is 35.2 Å². The number of amides is 1. The van der Waals surface area contributed by atoms with Gasteiger partial charge in [0.05, 0.1) is 4.90 Å². The van der Waals surface area contributed by atoms with Crippen molar-refractivity contribution in [3.05, 3.63) is 54.2 Å². The molecule has 26 heavy (non-hydrogen) atoms. The summed E-state index contributed by atoms with van der Waals surface area (Å²) in [4.78, 5) is 16.7. The van der Waals surface area contributed by atoms with Gasteiger partial charge in [0.25, 0.3) is 10.0 Å². The minimum atomic E-state index is -3.70. The van der Waals surface area contributed by atoms with Gasteiger partial charge in [-0.1, -0.05) is 0 Å². The van der Waals surface area contributed by atoms with Gasteiger partial charge in [0.1, 0.15) is 0 Å². The molecule has 134 valence electrons. The fourth-order valence-corrected chi connectivity index (χ4v) is 4.50. The number of fused-ring (bicyclic) bond motifs is 2. The minimum Gasteiger partial charge on any atom is -0.361 e. The van der Waals surface area contributed by atoms with Gasteiger partial charge in [-0.05, 0) is 60.9 Å². The Balaban J connectivity index is 1.66. The molecule has 1 amide bonds. The molecular weight excluding hydrogens is 350 g/mol. The molecule has 0 saturated heterocycles. The highest BCUT2D eigenvalue weighted by atomic mass is 32.2. The van der Waals surface area contributed by atoms with Crippen molar-refractivity contribution in [2.24, 2.45) is 0 Å². The number of aromatic amines is 1. The van der Waals surface area contributed by atoms with Crippen molar-refractivity contribution in [3.8, 4) is 0 Å². The number of rotatable bonds is 3. The third-order valence-corrected chi connectivity index (χ3v) is 6.04. The van der Waals surface area contributed by atoms with E-state index in [0.717, 1.165) is 35.0 Å². The zero-order valence-corrected chi connectivity index (χ0v) is 15.1. The quantitative estimate of drug-likeness (QED) is 0.743. The van der Waals surface area contributed by atoms with E-state index in [1.807, 2.05) is 18.3 Å². The van der Waals surface area contributed by atoms with Gasteiger partial charge in [-0.15, -0.1) is 0 Å². The van der Waals surface area contributed by atoms with E-state index in [2.05, 4.69) is 9.71 Å². The van der Waals surface area contributed by atoms with Gasteiger partial charge in [0.2, 0.25) is 5.91 Å². The van der Waals surface area contributed by atoms with Crippen molar-refractivity contribution in [1.82, 2.24) is 4.98 Å². The number of anilines is 2. The van der Waals surface area contributed by atoms with Crippen molar-refractivity contribution >= 4 is 38.2 Å². The number of sulfonamides is 1. The molecule has 0 bridgehead atoms. The topological polar surface area (TPSA) is 82.3 Å². The number of hydrogen-bond acceptors (Lipinski definition) is 3. The van der Waals surface area contributed by atoms with Crippen LogP contribution in [-0.2, 0) is 21.2 Å². The van der Waals surface area contributed by atoms with Gasteiger partial charge >= 0.3 is 0 Å². The Labute approximate surface area is 151 Å². The van der Waals surface area contributed by atoms with Gasteiger partial charge in [0, 0.05) is 41.9 Å². The molecule has 1 aliphatic rings. The van der Waals surface area contributed by atoms with Crippen molar-refractivity contribution in [2.45, 2.75) is 24.7 Å².